The van der Waals surface area contributed by atoms with E-state index in [0.717, 1.165) is 6.42 Å². The van der Waals surface area contributed by atoms with Crippen molar-refractivity contribution in [1.29, 1.82) is 0 Å². The van der Waals surface area contributed by atoms with E-state index >= 15 is 0 Å². The zero-order valence-corrected chi connectivity index (χ0v) is 11.3. The second-order valence-electron chi connectivity index (χ2n) is 4.91. The summed E-state index contributed by atoms with van der Waals surface area (Å²) in [6.45, 7) is 4.53. The molecule has 0 bridgehead atoms. The van der Waals surface area contributed by atoms with Crippen LogP contribution >= 0.6 is 0 Å². The maximum Gasteiger partial charge on any atom is 0.330 e. The summed E-state index contributed by atoms with van der Waals surface area (Å²) in [6.07, 6.45) is 11.7. The largest absolute Gasteiger partial charge is 0.463 e. The minimum atomic E-state index is -0.149. The lowest BCUT2D eigenvalue weighted by molar-refractivity contribution is -0.137. The van der Waals surface area contributed by atoms with Crippen LogP contribution in [0.15, 0.2) is 11.6 Å². The van der Waals surface area contributed by atoms with Crippen LogP contribution in [0.3, 0.4) is 0 Å². The quantitative estimate of drug-likeness (QED) is 0.511. The van der Waals surface area contributed by atoms with Gasteiger partial charge in [-0.05, 0) is 38.5 Å². The smallest absolute Gasteiger partial charge is 0.330 e. The van der Waals surface area contributed by atoms with E-state index in [4.69, 9.17) is 4.74 Å². The lowest BCUT2D eigenvalue weighted by Gasteiger charge is -2.24. The maximum absolute atomic E-state index is 11.6. The van der Waals surface area contributed by atoms with Gasteiger partial charge in [0.1, 0.15) is 0 Å². The Kier molecular flexibility index (Phi) is 6.99. The fourth-order valence-corrected chi connectivity index (χ4v) is 2.58. The van der Waals surface area contributed by atoms with Gasteiger partial charge in [0.05, 0.1) is 6.61 Å². The van der Waals surface area contributed by atoms with E-state index in [-0.39, 0.29) is 5.97 Å². The van der Waals surface area contributed by atoms with Crippen molar-refractivity contribution in [3.05, 3.63) is 11.6 Å². The molecule has 1 aliphatic rings. The summed E-state index contributed by atoms with van der Waals surface area (Å²) in [6, 6.07) is 0. The number of esters is 1. The van der Waals surface area contributed by atoms with E-state index < -0.39 is 0 Å². The Morgan fingerprint density at radius 2 is 1.94 bits per heavy atom. The Labute approximate surface area is 105 Å². The molecule has 2 nitrogen and oxygen atoms in total. The molecule has 0 atom stereocenters. The molecule has 1 aliphatic carbocycles. The van der Waals surface area contributed by atoms with Crippen LogP contribution in [-0.4, -0.2) is 12.6 Å². The summed E-state index contributed by atoms with van der Waals surface area (Å²) in [5.74, 6) is 0.490. The molecule has 98 valence electrons. The van der Waals surface area contributed by atoms with E-state index in [2.05, 4.69) is 6.92 Å². The maximum atomic E-state index is 11.6. The standard InChI is InChI=1S/C15H26O2/c1-3-5-9-14(12-15(16)17-4-2)13-10-7-6-8-11-13/h12-13H,3-11H2,1-2H3. The predicted octanol–water partition coefficient (Wildman–Crippen LogP) is 4.25. The number of hydrogen-bond acceptors (Lipinski definition) is 2. The molecule has 0 saturated heterocycles. The number of hydrogen-bond donors (Lipinski definition) is 0. The molecule has 1 rings (SSSR count). The average Bonchev–Trinajstić information content (AvgIpc) is 2.36. The lowest BCUT2D eigenvalue weighted by Crippen LogP contribution is -2.12. The highest BCUT2D eigenvalue weighted by Gasteiger charge is 2.18. The summed E-state index contributed by atoms with van der Waals surface area (Å²) < 4.78 is 5.03. The first-order valence-corrected chi connectivity index (χ1v) is 7.15. The van der Waals surface area contributed by atoms with Gasteiger partial charge in [0, 0.05) is 6.08 Å². The molecule has 1 saturated carbocycles. The van der Waals surface area contributed by atoms with Crippen molar-refractivity contribution in [2.45, 2.75) is 65.2 Å². The fraction of sp³-hybridized carbons (Fsp3) is 0.800. The predicted molar refractivity (Wildman–Crippen MR) is 70.8 cm³/mol. The molecule has 0 amide bonds. The average molecular weight is 238 g/mol. The SMILES string of the molecule is CCCCC(=CC(=O)OCC)C1CCCCC1. The second kappa shape index (κ2) is 8.32. The molecule has 17 heavy (non-hydrogen) atoms. The van der Waals surface area contributed by atoms with Crippen LogP contribution in [0.25, 0.3) is 0 Å². The second-order valence-corrected chi connectivity index (χ2v) is 4.91. The highest BCUT2D eigenvalue weighted by molar-refractivity contribution is 5.82. The van der Waals surface area contributed by atoms with Crippen molar-refractivity contribution in [3.8, 4) is 0 Å². The van der Waals surface area contributed by atoms with Crippen LogP contribution in [-0.2, 0) is 9.53 Å². The van der Waals surface area contributed by atoms with Crippen molar-refractivity contribution in [2.75, 3.05) is 6.61 Å². The van der Waals surface area contributed by atoms with Crippen molar-refractivity contribution in [3.63, 3.8) is 0 Å². The van der Waals surface area contributed by atoms with Gasteiger partial charge in [0.2, 0.25) is 0 Å². The molecule has 0 aromatic rings. The van der Waals surface area contributed by atoms with Crippen LogP contribution in [0.4, 0.5) is 0 Å². The Balaban J connectivity index is 2.60. The first kappa shape index (κ1) is 14.3. The number of carbonyl (C=O) groups is 1. The minimum Gasteiger partial charge on any atom is -0.463 e. The fourth-order valence-electron chi connectivity index (χ4n) is 2.58. The first-order chi connectivity index (χ1) is 8.27. The zero-order valence-electron chi connectivity index (χ0n) is 11.3. The van der Waals surface area contributed by atoms with E-state index in [1.807, 2.05) is 6.92 Å². The molecular formula is C15H26O2. The minimum absolute atomic E-state index is 0.149. The summed E-state index contributed by atoms with van der Waals surface area (Å²) in [7, 11) is 0. The van der Waals surface area contributed by atoms with Gasteiger partial charge in [-0.3, -0.25) is 0 Å². The van der Waals surface area contributed by atoms with Crippen LogP contribution in [0.5, 0.6) is 0 Å². The summed E-state index contributed by atoms with van der Waals surface area (Å²) >= 11 is 0. The first-order valence-electron chi connectivity index (χ1n) is 7.15. The Morgan fingerprint density at radius 1 is 1.24 bits per heavy atom. The highest BCUT2D eigenvalue weighted by Crippen LogP contribution is 2.32. The summed E-state index contributed by atoms with van der Waals surface area (Å²) in [5, 5.41) is 0. The van der Waals surface area contributed by atoms with E-state index in [0.29, 0.717) is 12.5 Å². The molecule has 0 aromatic heterocycles. The van der Waals surface area contributed by atoms with Crippen LogP contribution in [0.2, 0.25) is 0 Å². The lowest BCUT2D eigenvalue weighted by atomic mass is 9.82. The van der Waals surface area contributed by atoms with Crippen molar-refractivity contribution in [1.82, 2.24) is 0 Å². The van der Waals surface area contributed by atoms with Gasteiger partial charge < -0.3 is 4.74 Å². The van der Waals surface area contributed by atoms with Gasteiger partial charge in [-0.25, -0.2) is 4.79 Å². The molecule has 0 aliphatic heterocycles. The number of unbranched alkanes of at least 4 members (excludes halogenated alkanes) is 1. The Morgan fingerprint density at radius 3 is 2.53 bits per heavy atom. The Bertz CT molecular complexity index is 250. The normalized spacial score (nSPS) is 18.1. The summed E-state index contributed by atoms with van der Waals surface area (Å²) in [4.78, 5) is 11.6. The van der Waals surface area contributed by atoms with E-state index in [1.165, 1.54) is 50.5 Å². The number of allylic oxidation sites excluding steroid dienone is 1. The molecule has 0 N–H and O–H groups in total. The molecule has 0 spiro atoms. The van der Waals surface area contributed by atoms with Gasteiger partial charge >= 0.3 is 5.97 Å². The van der Waals surface area contributed by atoms with Crippen molar-refractivity contribution >= 4 is 5.97 Å². The van der Waals surface area contributed by atoms with Crippen LogP contribution in [0.1, 0.15) is 65.2 Å². The third kappa shape index (κ3) is 5.38. The third-order valence-corrected chi connectivity index (χ3v) is 3.54. The van der Waals surface area contributed by atoms with Gasteiger partial charge in [-0.15, -0.1) is 0 Å². The van der Waals surface area contributed by atoms with Crippen LogP contribution in [0, 0.1) is 5.92 Å². The topological polar surface area (TPSA) is 26.3 Å². The van der Waals surface area contributed by atoms with E-state index in [1.54, 1.807) is 6.08 Å². The summed E-state index contributed by atoms with van der Waals surface area (Å²) in [5.41, 5.74) is 1.34. The molecule has 0 heterocycles. The zero-order chi connectivity index (χ0) is 12.5. The number of rotatable bonds is 6. The number of carbonyl (C=O) groups excluding carboxylic acids is 1. The molecule has 2 heteroatoms. The van der Waals surface area contributed by atoms with Crippen molar-refractivity contribution < 1.29 is 9.53 Å². The van der Waals surface area contributed by atoms with Gasteiger partial charge in [0.15, 0.2) is 0 Å². The van der Waals surface area contributed by atoms with E-state index in [9.17, 15) is 4.79 Å². The van der Waals surface area contributed by atoms with Gasteiger partial charge in [-0.1, -0.05) is 38.2 Å². The Hall–Kier alpha value is -0.790. The van der Waals surface area contributed by atoms with Crippen LogP contribution < -0.4 is 0 Å². The van der Waals surface area contributed by atoms with Gasteiger partial charge in [0.25, 0.3) is 0 Å². The molecule has 1 fully saturated rings. The highest BCUT2D eigenvalue weighted by atomic mass is 16.5. The molecule has 0 radical (unpaired) electrons. The van der Waals surface area contributed by atoms with Gasteiger partial charge in [-0.2, -0.15) is 0 Å². The molecular weight excluding hydrogens is 212 g/mol. The molecule has 0 aromatic carbocycles. The number of ether oxygens (including phenoxy) is 1. The van der Waals surface area contributed by atoms with Crippen molar-refractivity contribution in [2.24, 2.45) is 5.92 Å². The third-order valence-electron chi connectivity index (χ3n) is 3.54. The monoisotopic (exact) mass is 238 g/mol. The molecule has 0 unspecified atom stereocenters.